The molecule has 0 unspecified atom stereocenters. The highest BCUT2D eigenvalue weighted by atomic mass is 16.5. The Bertz CT molecular complexity index is 909. The topological polar surface area (TPSA) is 83.1 Å². The maximum Gasteiger partial charge on any atom is 0.331 e. The molecule has 1 amide bonds. The molecular formula is C25H31NO6. The van der Waals surface area contributed by atoms with Gasteiger partial charge in [-0.2, -0.15) is 0 Å². The molecule has 0 aliphatic carbocycles. The normalized spacial score (nSPS) is 10.6. The summed E-state index contributed by atoms with van der Waals surface area (Å²) >= 11 is 0. The minimum absolute atomic E-state index is 0.343. The van der Waals surface area contributed by atoms with Crippen LogP contribution in [0.15, 0.2) is 48.5 Å². The molecule has 0 saturated carbocycles. The zero-order valence-corrected chi connectivity index (χ0v) is 18.9. The summed E-state index contributed by atoms with van der Waals surface area (Å²) in [6.07, 6.45) is 3.49. The van der Waals surface area contributed by atoms with E-state index in [9.17, 15) is 9.59 Å². The Balaban J connectivity index is 1.76. The molecule has 0 aromatic heterocycles. The highest BCUT2D eigenvalue weighted by Gasteiger charge is 2.08. The van der Waals surface area contributed by atoms with Crippen LogP contribution in [0, 0.1) is 0 Å². The highest BCUT2D eigenvalue weighted by Crippen LogP contribution is 2.28. The molecule has 0 fully saturated rings. The number of carbonyl (C=O) groups excluding carboxylic acids is 2. The number of esters is 1. The van der Waals surface area contributed by atoms with E-state index in [0.717, 1.165) is 11.1 Å². The summed E-state index contributed by atoms with van der Waals surface area (Å²) in [5, 5.41) is 2.75. The molecule has 32 heavy (non-hydrogen) atoms. The van der Waals surface area contributed by atoms with Crippen molar-refractivity contribution >= 4 is 18.0 Å². The molecule has 2 aromatic carbocycles. The summed E-state index contributed by atoms with van der Waals surface area (Å²) in [5.74, 6) is 1.10. The molecule has 7 heteroatoms. The number of hydrogen-bond donors (Lipinski definition) is 1. The molecule has 0 spiro atoms. The largest absolute Gasteiger partial charge is 0.493 e. The second kappa shape index (κ2) is 13.7. The van der Waals surface area contributed by atoms with Crippen LogP contribution in [0.3, 0.4) is 0 Å². The van der Waals surface area contributed by atoms with Crippen molar-refractivity contribution in [1.29, 1.82) is 0 Å². The van der Waals surface area contributed by atoms with Gasteiger partial charge in [0.25, 0.3) is 5.91 Å². The number of carbonyl (C=O) groups is 2. The van der Waals surface area contributed by atoms with Gasteiger partial charge in [-0.05, 0) is 57.0 Å². The minimum atomic E-state index is -0.598. The Morgan fingerprint density at radius 3 is 2.31 bits per heavy atom. The van der Waals surface area contributed by atoms with E-state index < -0.39 is 5.97 Å². The van der Waals surface area contributed by atoms with E-state index in [0.29, 0.717) is 50.0 Å². The Morgan fingerprint density at radius 1 is 0.875 bits per heavy atom. The number of nitrogens with one attached hydrogen (secondary N) is 1. The summed E-state index contributed by atoms with van der Waals surface area (Å²) < 4.78 is 21.7. The van der Waals surface area contributed by atoms with Crippen LogP contribution in [0.5, 0.6) is 17.2 Å². The molecule has 2 rings (SSSR count). The molecule has 0 aliphatic rings. The second-order valence-electron chi connectivity index (χ2n) is 6.66. The predicted molar refractivity (Wildman–Crippen MR) is 123 cm³/mol. The lowest BCUT2D eigenvalue weighted by molar-refractivity contribution is -0.143. The van der Waals surface area contributed by atoms with E-state index >= 15 is 0 Å². The fourth-order valence-electron chi connectivity index (χ4n) is 2.90. The first kappa shape index (κ1) is 24.8. The highest BCUT2D eigenvalue weighted by molar-refractivity contribution is 5.89. The van der Waals surface area contributed by atoms with Crippen LogP contribution in [0.2, 0.25) is 0 Å². The van der Waals surface area contributed by atoms with E-state index in [1.165, 1.54) is 6.08 Å². The molecule has 0 bridgehead atoms. The van der Waals surface area contributed by atoms with E-state index in [1.807, 2.05) is 63.2 Å². The molecule has 0 heterocycles. The smallest absolute Gasteiger partial charge is 0.331 e. The van der Waals surface area contributed by atoms with Crippen LogP contribution in [0.4, 0.5) is 0 Å². The van der Waals surface area contributed by atoms with Gasteiger partial charge in [-0.25, -0.2) is 4.79 Å². The molecule has 7 nitrogen and oxygen atoms in total. The van der Waals surface area contributed by atoms with Crippen molar-refractivity contribution in [1.82, 2.24) is 5.32 Å². The van der Waals surface area contributed by atoms with Gasteiger partial charge in [0.15, 0.2) is 18.1 Å². The van der Waals surface area contributed by atoms with Crippen LogP contribution in [-0.2, 0) is 20.7 Å². The van der Waals surface area contributed by atoms with Gasteiger partial charge in [0, 0.05) is 18.2 Å². The second-order valence-corrected chi connectivity index (χ2v) is 6.66. The average Bonchev–Trinajstić information content (AvgIpc) is 2.79. The van der Waals surface area contributed by atoms with Crippen LogP contribution in [0.25, 0.3) is 6.08 Å². The van der Waals surface area contributed by atoms with E-state index in [-0.39, 0.29) is 12.5 Å². The van der Waals surface area contributed by atoms with Crippen LogP contribution in [-0.4, -0.2) is 44.8 Å². The Morgan fingerprint density at radius 2 is 1.56 bits per heavy atom. The van der Waals surface area contributed by atoms with Crippen molar-refractivity contribution in [2.24, 2.45) is 0 Å². The maximum absolute atomic E-state index is 12.0. The zero-order valence-electron chi connectivity index (χ0n) is 18.9. The minimum Gasteiger partial charge on any atom is -0.493 e. The monoisotopic (exact) mass is 441 g/mol. The fourth-order valence-corrected chi connectivity index (χ4v) is 2.90. The Kier molecular flexibility index (Phi) is 10.6. The van der Waals surface area contributed by atoms with Gasteiger partial charge < -0.3 is 24.3 Å². The SMILES string of the molecule is CCOc1ccccc1/C=C/C(=O)OCC(=O)NCCc1ccc(OCC)c(OCC)c1. The van der Waals surface area contributed by atoms with Crippen molar-refractivity contribution in [3.8, 4) is 17.2 Å². The number of hydrogen-bond acceptors (Lipinski definition) is 6. The lowest BCUT2D eigenvalue weighted by Crippen LogP contribution is -2.30. The molecule has 0 aliphatic heterocycles. The lowest BCUT2D eigenvalue weighted by atomic mass is 10.1. The van der Waals surface area contributed by atoms with Gasteiger partial charge in [0.1, 0.15) is 5.75 Å². The molecular weight excluding hydrogens is 410 g/mol. The van der Waals surface area contributed by atoms with Crippen LogP contribution < -0.4 is 19.5 Å². The maximum atomic E-state index is 12.0. The first-order valence-corrected chi connectivity index (χ1v) is 10.8. The summed E-state index contributed by atoms with van der Waals surface area (Å²) in [5.41, 5.74) is 1.77. The molecule has 1 N–H and O–H groups in total. The summed E-state index contributed by atoms with van der Waals surface area (Å²) in [7, 11) is 0. The predicted octanol–water partition coefficient (Wildman–Crippen LogP) is 3.80. The number of ether oxygens (including phenoxy) is 4. The van der Waals surface area contributed by atoms with E-state index in [1.54, 1.807) is 6.08 Å². The fraction of sp³-hybridized carbons (Fsp3) is 0.360. The standard InChI is InChI=1S/C25H31NO6/c1-4-29-21-10-8-7-9-20(21)12-14-25(28)32-18-24(27)26-16-15-19-11-13-22(30-5-2)23(17-19)31-6-3/h7-14,17H,4-6,15-16,18H2,1-3H3,(H,26,27)/b14-12+. The molecule has 0 radical (unpaired) electrons. The van der Waals surface area contributed by atoms with Gasteiger partial charge in [-0.1, -0.05) is 24.3 Å². The molecule has 0 atom stereocenters. The van der Waals surface area contributed by atoms with Crippen molar-refractivity contribution in [2.45, 2.75) is 27.2 Å². The average molecular weight is 442 g/mol. The van der Waals surface area contributed by atoms with Crippen molar-refractivity contribution in [3.05, 3.63) is 59.7 Å². The molecule has 0 saturated heterocycles. The Labute approximate surface area is 189 Å². The zero-order chi connectivity index (χ0) is 23.2. The number of benzene rings is 2. The van der Waals surface area contributed by atoms with Gasteiger partial charge in [0.2, 0.25) is 0 Å². The third-order valence-corrected chi connectivity index (χ3v) is 4.31. The van der Waals surface area contributed by atoms with Gasteiger partial charge >= 0.3 is 5.97 Å². The number of rotatable bonds is 13. The summed E-state index contributed by atoms with van der Waals surface area (Å²) in [6.45, 7) is 7.41. The lowest BCUT2D eigenvalue weighted by Gasteiger charge is -2.12. The van der Waals surface area contributed by atoms with Gasteiger partial charge in [-0.15, -0.1) is 0 Å². The Hall–Kier alpha value is -3.48. The summed E-state index contributed by atoms with van der Waals surface area (Å²) in [4.78, 5) is 23.9. The molecule has 2 aromatic rings. The van der Waals surface area contributed by atoms with Crippen molar-refractivity contribution in [3.63, 3.8) is 0 Å². The first-order chi connectivity index (χ1) is 15.6. The van der Waals surface area contributed by atoms with Crippen LogP contribution in [0.1, 0.15) is 31.9 Å². The quantitative estimate of drug-likeness (QED) is 0.376. The number of amides is 1. The van der Waals surface area contributed by atoms with Crippen molar-refractivity contribution < 1.29 is 28.5 Å². The third kappa shape index (κ3) is 8.34. The number of para-hydroxylation sites is 1. The first-order valence-electron chi connectivity index (χ1n) is 10.8. The van der Waals surface area contributed by atoms with E-state index in [2.05, 4.69) is 5.32 Å². The van der Waals surface area contributed by atoms with Gasteiger partial charge in [0.05, 0.1) is 19.8 Å². The summed E-state index contributed by atoms with van der Waals surface area (Å²) in [6, 6.07) is 13.1. The molecule has 172 valence electrons. The van der Waals surface area contributed by atoms with Crippen molar-refractivity contribution in [2.75, 3.05) is 33.0 Å². The third-order valence-electron chi connectivity index (χ3n) is 4.31. The van der Waals surface area contributed by atoms with Gasteiger partial charge in [-0.3, -0.25) is 4.79 Å². The van der Waals surface area contributed by atoms with Crippen LogP contribution >= 0.6 is 0 Å². The van der Waals surface area contributed by atoms with E-state index in [4.69, 9.17) is 18.9 Å².